The topological polar surface area (TPSA) is 72.2 Å². The Morgan fingerprint density at radius 1 is 1.59 bits per heavy atom. The van der Waals surface area contributed by atoms with E-state index in [1.54, 1.807) is 0 Å². The molecule has 0 aromatic heterocycles. The van der Waals surface area contributed by atoms with Crippen molar-refractivity contribution in [1.82, 2.24) is 5.32 Å². The number of hydrogen-bond donors (Lipinski definition) is 1. The van der Waals surface area contributed by atoms with Crippen LogP contribution in [-0.4, -0.2) is 17.4 Å². The molecule has 0 radical (unpaired) electrons. The molecule has 0 atom stereocenters. The molecule has 0 bridgehead atoms. The van der Waals surface area contributed by atoms with Gasteiger partial charge in [-0.2, -0.15) is 0 Å². The maximum absolute atomic E-state index is 11.6. The highest BCUT2D eigenvalue weighted by atomic mass is 79.9. The average Bonchev–Trinajstić information content (AvgIpc) is 2.25. The van der Waals surface area contributed by atoms with Gasteiger partial charge in [-0.3, -0.25) is 14.9 Å². The van der Waals surface area contributed by atoms with Crippen molar-refractivity contribution in [2.75, 3.05) is 6.54 Å². The number of carbonyl (C=O) groups is 1. The van der Waals surface area contributed by atoms with Crippen molar-refractivity contribution < 1.29 is 9.72 Å². The molecule has 90 valence electrons. The second kappa shape index (κ2) is 5.79. The Morgan fingerprint density at radius 3 is 2.71 bits per heavy atom. The Hall–Kier alpha value is -1.40. The fraction of sp³-hybridized carbons (Fsp3) is 0.100. The van der Waals surface area contributed by atoms with Gasteiger partial charge in [0, 0.05) is 23.2 Å². The van der Waals surface area contributed by atoms with Crippen LogP contribution in [0.2, 0.25) is 5.02 Å². The van der Waals surface area contributed by atoms with Crippen LogP contribution in [0.15, 0.2) is 29.3 Å². The minimum Gasteiger partial charge on any atom is -0.347 e. The third-order valence-corrected chi connectivity index (χ3v) is 2.44. The van der Waals surface area contributed by atoms with Crippen LogP contribution in [0, 0.1) is 10.1 Å². The summed E-state index contributed by atoms with van der Waals surface area (Å²) in [5.41, 5.74) is 0.0301. The van der Waals surface area contributed by atoms with Crippen LogP contribution in [0.3, 0.4) is 0 Å². The van der Waals surface area contributed by atoms with Crippen LogP contribution in [0.4, 0.5) is 5.69 Å². The normalized spacial score (nSPS) is 9.76. The molecule has 1 amide bonds. The summed E-state index contributed by atoms with van der Waals surface area (Å²) in [6.07, 6.45) is 0. The lowest BCUT2D eigenvalue weighted by atomic mass is 10.2. The molecule has 0 heterocycles. The minimum absolute atomic E-state index is 0.0388. The summed E-state index contributed by atoms with van der Waals surface area (Å²) in [4.78, 5) is 21.5. The first kappa shape index (κ1) is 13.7. The van der Waals surface area contributed by atoms with Gasteiger partial charge in [0.25, 0.3) is 11.6 Å². The number of carbonyl (C=O) groups excluding carboxylic acids is 1. The number of hydrogen-bond acceptors (Lipinski definition) is 3. The third kappa shape index (κ3) is 3.83. The summed E-state index contributed by atoms with van der Waals surface area (Å²) in [6.45, 7) is 3.82. The molecular weight excluding hydrogens is 311 g/mol. The second-order valence-electron chi connectivity index (χ2n) is 3.12. The molecule has 0 saturated heterocycles. The SMILES string of the molecule is C=C(Br)CNC(=O)c1ccc([N+](=O)[O-])cc1Cl. The molecule has 1 rings (SSSR count). The smallest absolute Gasteiger partial charge is 0.270 e. The zero-order valence-corrected chi connectivity index (χ0v) is 10.9. The number of nitro groups is 1. The second-order valence-corrected chi connectivity index (χ2v) is 4.65. The van der Waals surface area contributed by atoms with E-state index in [-0.39, 0.29) is 22.8 Å². The largest absolute Gasteiger partial charge is 0.347 e. The number of halogens is 2. The van der Waals surface area contributed by atoms with Gasteiger partial charge in [-0.1, -0.05) is 34.1 Å². The number of nitrogens with one attached hydrogen (secondary N) is 1. The average molecular weight is 320 g/mol. The van der Waals surface area contributed by atoms with Crippen LogP contribution < -0.4 is 5.32 Å². The molecule has 7 heteroatoms. The molecule has 1 aromatic carbocycles. The first-order chi connectivity index (χ1) is 7.91. The highest BCUT2D eigenvalue weighted by Crippen LogP contribution is 2.22. The highest BCUT2D eigenvalue weighted by Gasteiger charge is 2.14. The van der Waals surface area contributed by atoms with Gasteiger partial charge in [0.05, 0.1) is 15.5 Å². The third-order valence-electron chi connectivity index (χ3n) is 1.85. The van der Waals surface area contributed by atoms with Gasteiger partial charge in [0.15, 0.2) is 0 Å². The van der Waals surface area contributed by atoms with Crippen LogP contribution in [0.25, 0.3) is 0 Å². The Balaban J connectivity index is 2.88. The van der Waals surface area contributed by atoms with Crippen molar-refractivity contribution in [2.24, 2.45) is 0 Å². The predicted octanol–water partition coefficient (Wildman–Crippen LogP) is 2.89. The first-order valence-electron chi connectivity index (χ1n) is 4.47. The number of non-ortho nitro benzene ring substituents is 1. The van der Waals surface area contributed by atoms with Crippen LogP contribution >= 0.6 is 27.5 Å². The molecule has 1 N–H and O–H groups in total. The number of nitrogens with zero attached hydrogens (tertiary/aromatic N) is 1. The molecule has 0 saturated carbocycles. The lowest BCUT2D eigenvalue weighted by molar-refractivity contribution is -0.384. The summed E-state index contributed by atoms with van der Waals surface area (Å²) in [6, 6.07) is 3.68. The van der Waals surface area contributed by atoms with Crippen molar-refractivity contribution in [2.45, 2.75) is 0 Å². The van der Waals surface area contributed by atoms with Gasteiger partial charge in [-0.25, -0.2) is 0 Å². The molecule has 5 nitrogen and oxygen atoms in total. The summed E-state index contributed by atoms with van der Waals surface area (Å²) in [5, 5.41) is 13.1. The fourth-order valence-corrected chi connectivity index (χ4v) is 1.47. The van der Waals surface area contributed by atoms with E-state index >= 15 is 0 Å². The lowest BCUT2D eigenvalue weighted by Gasteiger charge is -2.05. The van der Waals surface area contributed by atoms with E-state index in [1.807, 2.05) is 0 Å². The summed E-state index contributed by atoms with van der Waals surface area (Å²) in [5.74, 6) is -0.412. The molecule has 0 spiro atoms. The Bertz CT molecular complexity index is 490. The van der Waals surface area contributed by atoms with Gasteiger partial charge >= 0.3 is 0 Å². The number of benzene rings is 1. The molecular formula is C10H8BrClN2O3. The fourth-order valence-electron chi connectivity index (χ4n) is 1.07. The molecule has 0 aliphatic carbocycles. The van der Waals surface area contributed by atoms with Crippen molar-refractivity contribution in [3.8, 4) is 0 Å². The molecule has 1 aromatic rings. The zero-order valence-electron chi connectivity index (χ0n) is 8.57. The number of nitro benzene ring substituents is 1. The van der Waals surface area contributed by atoms with E-state index in [0.717, 1.165) is 6.07 Å². The van der Waals surface area contributed by atoms with Crippen molar-refractivity contribution in [3.05, 3.63) is 50.0 Å². The molecule has 0 unspecified atom stereocenters. The van der Waals surface area contributed by atoms with Crippen LogP contribution in [-0.2, 0) is 0 Å². The van der Waals surface area contributed by atoms with E-state index in [1.165, 1.54) is 12.1 Å². The summed E-state index contributed by atoms with van der Waals surface area (Å²) >= 11 is 8.88. The summed E-state index contributed by atoms with van der Waals surface area (Å²) in [7, 11) is 0. The standard InChI is InChI=1S/C10H8BrClN2O3/c1-6(11)5-13-10(15)8-3-2-7(14(16)17)4-9(8)12/h2-4H,1,5H2,(H,13,15). The van der Waals surface area contributed by atoms with E-state index in [4.69, 9.17) is 11.6 Å². The molecule has 17 heavy (non-hydrogen) atoms. The Labute approximate surface area is 111 Å². The van der Waals surface area contributed by atoms with Gasteiger partial charge in [0.1, 0.15) is 0 Å². The molecule has 0 aliphatic heterocycles. The maximum atomic E-state index is 11.6. The van der Waals surface area contributed by atoms with Gasteiger partial charge in [-0.05, 0) is 6.07 Å². The predicted molar refractivity (Wildman–Crippen MR) is 68.5 cm³/mol. The number of rotatable bonds is 4. The van der Waals surface area contributed by atoms with Gasteiger partial charge < -0.3 is 5.32 Å². The first-order valence-corrected chi connectivity index (χ1v) is 5.64. The van der Waals surface area contributed by atoms with Crippen LogP contribution in [0.1, 0.15) is 10.4 Å². The maximum Gasteiger partial charge on any atom is 0.270 e. The highest BCUT2D eigenvalue weighted by molar-refractivity contribution is 9.11. The van der Waals surface area contributed by atoms with E-state index < -0.39 is 10.8 Å². The number of amides is 1. The monoisotopic (exact) mass is 318 g/mol. The van der Waals surface area contributed by atoms with Gasteiger partial charge in [-0.15, -0.1) is 0 Å². The quantitative estimate of drug-likeness (QED) is 0.685. The van der Waals surface area contributed by atoms with E-state index in [0.29, 0.717) is 4.48 Å². The Kier molecular flexibility index (Phi) is 4.65. The van der Waals surface area contributed by atoms with Crippen molar-refractivity contribution in [1.29, 1.82) is 0 Å². The van der Waals surface area contributed by atoms with E-state index in [9.17, 15) is 14.9 Å². The Morgan fingerprint density at radius 2 is 2.24 bits per heavy atom. The molecule has 0 aliphatic rings. The van der Waals surface area contributed by atoms with Gasteiger partial charge in [0.2, 0.25) is 0 Å². The van der Waals surface area contributed by atoms with Crippen molar-refractivity contribution in [3.63, 3.8) is 0 Å². The minimum atomic E-state index is -0.576. The molecule has 0 fully saturated rings. The van der Waals surface area contributed by atoms with Crippen LogP contribution in [0.5, 0.6) is 0 Å². The zero-order chi connectivity index (χ0) is 13.0. The van der Waals surface area contributed by atoms with Crippen molar-refractivity contribution >= 4 is 39.1 Å². The van der Waals surface area contributed by atoms with E-state index in [2.05, 4.69) is 27.8 Å². The summed E-state index contributed by atoms with van der Waals surface area (Å²) < 4.78 is 0.615. The lowest BCUT2D eigenvalue weighted by Crippen LogP contribution is -2.24.